The second-order valence-electron chi connectivity index (χ2n) is 9.47. The third-order valence-corrected chi connectivity index (χ3v) is 6.72. The molecule has 3 aromatic carbocycles. The fraction of sp³-hybridized carbons (Fsp3) is 0.129. The Balaban J connectivity index is 1.52. The van der Waals surface area contributed by atoms with Crippen LogP contribution in [0.3, 0.4) is 0 Å². The number of hydrogen-bond acceptors (Lipinski definition) is 3. The van der Waals surface area contributed by atoms with Gasteiger partial charge in [0.15, 0.2) is 0 Å². The Hall–Kier alpha value is -4.92. The first-order valence-electron chi connectivity index (χ1n) is 12.5. The van der Waals surface area contributed by atoms with Gasteiger partial charge >= 0.3 is 12.1 Å². The summed E-state index contributed by atoms with van der Waals surface area (Å²) < 4.78 is 40.7. The quantitative estimate of drug-likeness (QED) is 0.237. The van der Waals surface area contributed by atoms with Crippen LogP contribution >= 0.6 is 0 Å². The van der Waals surface area contributed by atoms with Gasteiger partial charge in [-0.15, -0.1) is 0 Å². The van der Waals surface area contributed by atoms with E-state index in [-0.39, 0.29) is 17.9 Å². The molecule has 1 amide bonds. The van der Waals surface area contributed by atoms with E-state index in [2.05, 4.69) is 10.4 Å². The van der Waals surface area contributed by atoms with Gasteiger partial charge in [-0.05, 0) is 53.9 Å². The van der Waals surface area contributed by atoms with Gasteiger partial charge in [-0.1, -0.05) is 54.6 Å². The van der Waals surface area contributed by atoms with Crippen molar-refractivity contribution in [3.63, 3.8) is 0 Å². The fourth-order valence-electron chi connectivity index (χ4n) is 4.58. The van der Waals surface area contributed by atoms with E-state index < -0.39 is 23.8 Å². The molecule has 2 heterocycles. The number of hydrogen-bond donors (Lipinski definition) is 2. The number of alkyl halides is 3. The molecule has 0 fully saturated rings. The largest absolute Gasteiger partial charge is 0.478 e. The highest BCUT2D eigenvalue weighted by Crippen LogP contribution is 2.31. The number of benzene rings is 3. The molecule has 0 aliphatic carbocycles. The summed E-state index contributed by atoms with van der Waals surface area (Å²) in [6.07, 6.45) is -0.718. The van der Waals surface area contributed by atoms with E-state index in [0.29, 0.717) is 22.2 Å². The van der Waals surface area contributed by atoms with Crippen molar-refractivity contribution >= 4 is 17.4 Å². The first-order chi connectivity index (χ1) is 19.1. The minimum Gasteiger partial charge on any atom is -0.478 e. The van der Waals surface area contributed by atoms with Gasteiger partial charge in [-0.25, -0.2) is 9.31 Å². The van der Waals surface area contributed by atoms with Gasteiger partial charge in [-0.2, -0.15) is 18.3 Å². The molecule has 0 aliphatic rings. The van der Waals surface area contributed by atoms with Gasteiger partial charge in [0.25, 0.3) is 5.91 Å². The number of carbonyl (C=O) groups is 2. The van der Waals surface area contributed by atoms with E-state index in [1.165, 1.54) is 24.3 Å². The van der Waals surface area contributed by atoms with Gasteiger partial charge in [0.1, 0.15) is 0 Å². The van der Waals surface area contributed by atoms with Gasteiger partial charge in [0.2, 0.25) is 0 Å². The van der Waals surface area contributed by atoms with Crippen molar-refractivity contribution in [1.82, 2.24) is 14.9 Å². The molecule has 2 N–H and O–H groups in total. The molecule has 202 valence electrons. The minimum absolute atomic E-state index is 0.145. The average molecular weight is 544 g/mol. The van der Waals surface area contributed by atoms with E-state index in [1.807, 2.05) is 36.5 Å². The summed E-state index contributed by atoms with van der Waals surface area (Å²) >= 11 is 0. The van der Waals surface area contributed by atoms with Crippen LogP contribution in [0.4, 0.5) is 13.2 Å². The predicted molar refractivity (Wildman–Crippen MR) is 144 cm³/mol. The first-order valence-corrected chi connectivity index (χ1v) is 12.5. The molecule has 0 radical (unpaired) electrons. The van der Waals surface area contributed by atoms with Crippen molar-refractivity contribution in [1.29, 1.82) is 0 Å². The molecule has 0 spiro atoms. The van der Waals surface area contributed by atoms with Gasteiger partial charge < -0.3 is 10.4 Å². The maximum atomic E-state index is 13.7. The number of aromatic carboxylic acids is 1. The predicted octanol–water partition coefficient (Wildman–Crippen LogP) is 6.80. The normalized spacial score (nSPS) is 12.3. The van der Waals surface area contributed by atoms with Crippen molar-refractivity contribution in [2.75, 3.05) is 0 Å². The molecule has 9 heteroatoms. The van der Waals surface area contributed by atoms with Gasteiger partial charge in [-0.3, -0.25) is 4.79 Å². The Kier molecular flexibility index (Phi) is 7.13. The number of nitrogens with zero attached hydrogens (tertiary/aromatic N) is 2. The van der Waals surface area contributed by atoms with Gasteiger partial charge in [0, 0.05) is 23.7 Å². The highest BCUT2D eigenvalue weighted by Gasteiger charge is 2.30. The van der Waals surface area contributed by atoms with Crippen LogP contribution in [0.15, 0.2) is 97.3 Å². The lowest BCUT2D eigenvalue weighted by Gasteiger charge is -2.16. The molecule has 5 rings (SSSR count). The Morgan fingerprint density at radius 1 is 0.950 bits per heavy atom. The van der Waals surface area contributed by atoms with Crippen LogP contribution in [0.1, 0.15) is 55.9 Å². The lowest BCUT2D eigenvalue weighted by Crippen LogP contribution is -2.27. The average Bonchev–Trinajstić information content (AvgIpc) is 3.35. The minimum atomic E-state index is -4.42. The summed E-state index contributed by atoms with van der Waals surface area (Å²) in [5.74, 6) is -1.41. The zero-order valence-corrected chi connectivity index (χ0v) is 21.3. The molecule has 2 aromatic heterocycles. The molecule has 0 bridgehead atoms. The Bertz CT molecular complexity index is 1680. The standard InChI is InChI=1S/C31H24F3N3O3/c1-19(21-9-11-23(12-10-21)30(39)40)36-29(38)27-16-25(22-5-3-2-4-6-22)18-37-28(27)24(17-35-37)15-20-7-13-26(14-8-20)31(32,33)34/h2-14,16-19H,15H2,1H3,(H,36,38)(H,39,40)/t19-/m0/s1. The van der Waals surface area contributed by atoms with Crippen molar-refractivity contribution in [3.8, 4) is 11.1 Å². The van der Waals surface area contributed by atoms with Crippen LogP contribution in [0.5, 0.6) is 0 Å². The topological polar surface area (TPSA) is 83.7 Å². The molecule has 1 atom stereocenters. The highest BCUT2D eigenvalue weighted by molar-refractivity contribution is 6.03. The molecule has 0 saturated carbocycles. The molecular formula is C31H24F3N3O3. The second-order valence-corrected chi connectivity index (χ2v) is 9.47. The smallest absolute Gasteiger partial charge is 0.416 e. The molecule has 0 aliphatic heterocycles. The summed E-state index contributed by atoms with van der Waals surface area (Å²) in [4.78, 5) is 24.9. The first kappa shape index (κ1) is 26.7. The van der Waals surface area contributed by atoms with Crippen LogP contribution in [0.2, 0.25) is 0 Å². The molecule has 0 unspecified atom stereocenters. The third kappa shape index (κ3) is 5.58. The number of halogens is 3. The zero-order chi connectivity index (χ0) is 28.4. The van der Waals surface area contributed by atoms with Crippen molar-refractivity contribution in [3.05, 3.63) is 131 Å². The maximum Gasteiger partial charge on any atom is 0.416 e. The van der Waals surface area contributed by atoms with E-state index in [1.54, 1.807) is 35.8 Å². The maximum absolute atomic E-state index is 13.7. The summed E-state index contributed by atoms with van der Waals surface area (Å²) in [5, 5.41) is 16.6. The number of nitrogens with one attached hydrogen (secondary N) is 1. The van der Waals surface area contributed by atoms with Crippen LogP contribution < -0.4 is 5.32 Å². The second kappa shape index (κ2) is 10.7. The number of rotatable bonds is 7. The van der Waals surface area contributed by atoms with E-state index in [9.17, 15) is 22.8 Å². The number of carboxylic acids is 1. The summed E-state index contributed by atoms with van der Waals surface area (Å²) in [5.41, 5.74) is 4.03. The lowest BCUT2D eigenvalue weighted by atomic mass is 9.99. The number of carboxylic acid groups (broad SMARTS) is 1. The lowest BCUT2D eigenvalue weighted by molar-refractivity contribution is -0.137. The summed E-state index contributed by atoms with van der Waals surface area (Å²) in [7, 11) is 0. The number of carbonyl (C=O) groups excluding carboxylic acids is 1. The molecule has 0 saturated heterocycles. The van der Waals surface area contributed by atoms with Crippen LogP contribution in [-0.4, -0.2) is 26.6 Å². The number of aromatic nitrogens is 2. The van der Waals surface area contributed by atoms with Crippen molar-refractivity contribution in [2.24, 2.45) is 0 Å². The van der Waals surface area contributed by atoms with Crippen LogP contribution in [0, 0.1) is 0 Å². The zero-order valence-electron chi connectivity index (χ0n) is 21.3. The SMILES string of the molecule is C[C@H](NC(=O)c1cc(-c2ccccc2)cn2ncc(Cc3ccc(C(F)(F)F)cc3)c12)c1ccc(C(=O)O)cc1. The monoisotopic (exact) mass is 543 g/mol. The fourth-order valence-corrected chi connectivity index (χ4v) is 4.58. The molecule has 40 heavy (non-hydrogen) atoms. The van der Waals surface area contributed by atoms with Crippen molar-refractivity contribution < 1.29 is 27.9 Å². The van der Waals surface area contributed by atoms with Crippen molar-refractivity contribution in [2.45, 2.75) is 25.6 Å². The summed E-state index contributed by atoms with van der Waals surface area (Å²) in [6.45, 7) is 1.80. The van der Waals surface area contributed by atoms with E-state index >= 15 is 0 Å². The Labute approximate surface area is 227 Å². The number of fused-ring (bicyclic) bond motifs is 1. The molecule has 6 nitrogen and oxygen atoms in total. The van der Waals surface area contributed by atoms with E-state index in [0.717, 1.165) is 28.8 Å². The molecule has 5 aromatic rings. The summed E-state index contributed by atoms with van der Waals surface area (Å²) in [6, 6.07) is 22.0. The third-order valence-electron chi connectivity index (χ3n) is 6.72. The van der Waals surface area contributed by atoms with Crippen LogP contribution in [0.25, 0.3) is 16.6 Å². The van der Waals surface area contributed by atoms with Crippen LogP contribution in [-0.2, 0) is 12.6 Å². The number of amides is 1. The Morgan fingerprint density at radius 3 is 2.25 bits per heavy atom. The van der Waals surface area contributed by atoms with Gasteiger partial charge in [0.05, 0.1) is 34.4 Å². The molecular weight excluding hydrogens is 519 g/mol. The highest BCUT2D eigenvalue weighted by atomic mass is 19.4. The number of pyridine rings is 1. The Morgan fingerprint density at radius 2 is 1.62 bits per heavy atom. The van der Waals surface area contributed by atoms with E-state index in [4.69, 9.17) is 5.11 Å².